The molecule has 1 unspecified atom stereocenters. The first-order valence-corrected chi connectivity index (χ1v) is 7.78. The summed E-state index contributed by atoms with van der Waals surface area (Å²) < 4.78 is 16.0. The fourth-order valence-corrected chi connectivity index (χ4v) is 2.25. The van der Waals surface area contributed by atoms with Crippen LogP contribution in [0.2, 0.25) is 0 Å². The van der Waals surface area contributed by atoms with Crippen LogP contribution in [0, 0.1) is 0 Å². The Morgan fingerprint density at radius 1 is 1.22 bits per heavy atom. The number of fused-ring (bicyclic) bond motifs is 1. The van der Waals surface area contributed by atoms with Gasteiger partial charge in [-0.2, -0.15) is 0 Å². The number of hydrogen-bond acceptors (Lipinski definition) is 5. The molecule has 0 radical (unpaired) electrons. The SMILES string of the molecule is C=CC(=O)OCCCCCCOC1=CC(O)Oc2ccccc21. The highest BCUT2D eigenvalue weighted by Gasteiger charge is 2.19. The van der Waals surface area contributed by atoms with E-state index in [1.807, 2.05) is 18.2 Å². The zero-order valence-electron chi connectivity index (χ0n) is 13.1. The van der Waals surface area contributed by atoms with Crippen LogP contribution < -0.4 is 4.74 Å². The van der Waals surface area contributed by atoms with Crippen LogP contribution in [0.25, 0.3) is 5.76 Å². The molecule has 1 N–H and O–H groups in total. The normalized spacial score (nSPS) is 15.9. The molecule has 5 heteroatoms. The van der Waals surface area contributed by atoms with Crippen molar-refractivity contribution in [2.75, 3.05) is 13.2 Å². The van der Waals surface area contributed by atoms with Crippen LogP contribution in [0.15, 0.2) is 43.0 Å². The number of carbonyl (C=O) groups is 1. The summed E-state index contributed by atoms with van der Waals surface area (Å²) in [5.74, 6) is 0.901. The van der Waals surface area contributed by atoms with E-state index in [0.717, 1.165) is 31.2 Å². The molecule has 1 aliphatic heterocycles. The Balaban J connectivity index is 1.65. The lowest BCUT2D eigenvalue weighted by molar-refractivity contribution is -0.137. The monoisotopic (exact) mass is 318 g/mol. The van der Waals surface area contributed by atoms with Crippen LogP contribution >= 0.6 is 0 Å². The van der Waals surface area contributed by atoms with Crippen molar-refractivity contribution in [2.24, 2.45) is 0 Å². The molecule has 2 rings (SSSR count). The van der Waals surface area contributed by atoms with Crippen LogP contribution in [-0.4, -0.2) is 30.6 Å². The van der Waals surface area contributed by atoms with Gasteiger partial charge in [-0.15, -0.1) is 0 Å². The van der Waals surface area contributed by atoms with Crippen LogP contribution in [0.5, 0.6) is 5.75 Å². The molecule has 124 valence electrons. The molecule has 0 aliphatic carbocycles. The highest BCUT2D eigenvalue weighted by molar-refractivity contribution is 5.81. The highest BCUT2D eigenvalue weighted by Crippen LogP contribution is 2.31. The van der Waals surface area contributed by atoms with Crippen LogP contribution in [0.3, 0.4) is 0 Å². The molecular formula is C18H22O5. The standard InChI is InChI=1S/C18H22O5/c1-2-17(19)22-12-8-4-3-7-11-21-16-13-18(20)23-15-10-6-5-9-14(15)16/h2,5-6,9-10,13,18,20H,1,3-4,7-8,11-12H2. The Morgan fingerprint density at radius 2 is 1.96 bits per heavy atom. The van der Waals surface area contributed by atoms with Crippen molar-refractivity contribution >= 4 is 11.7 Å². The molecule has 1 atom stereocenters. The summed E-state index contributed by atoms with van der Waals surface area (Å²) in [6, 6.07) is 7.47. The van der Waals surface area contributed by atoms with E-state index in [0.29, 0.717) is 24.7 Å². The average Bonchev–Trinajstić information content (AvgIpc) is 2.56. The van der Waals surface area contributed by atoms with E-state index in [9.17, 15) is 9.90 Å². The van der Waals surface area contributed by atoms with E-state index in [-0.39, 0.29) is 5.97 Å². The number of benzene rings is 1. The summed E-state index contributed by atoms with van der Waals surface area (Å²) in [7, 11) is 0. The molecule has 0 bridgehead atoms. The topological polar surface area (TPSA) is 65.0 Å². The summed E-state index contributed by atoms with van der Waals surface area (Å²) in [4.78, 5) is 10.9. The van der Waals surface area contributed by atoms with Gasteiger partial charge in [0, 0.05) is 12.2 Å². The van der Waals surface area contributed by atoms with Gasteiger partial charge >= 0.3 is 5.97 Å². The number of carbonyl (C=O) groups excluding carboxylic acids is 1. The number of esters is 1. The maximum absolute atomic E-state index is 10.9. The van der Waals surface area contributed by atoms with Gasteiger partial charge in [0.2, 0.25) is 6.29 Å². The Hall–Kier alpha value is -2.27. The molecule has 0 saturated carbocycles. The van der Waals surface area contributed by atoms with Crippen LogP contribution in [0.1, 0.15) is 31.2 Å². The van der Waals surface area contributed by atoms with Crippen molar-refractivity contribution in [3.8, 4) is 5.75 Å². The molecule has 0 aromatic heterocycles. The second kappa shape index (κ2) is 9.00. The second-order valence-electron chi connectivity index (χ2n) is 5.17. The number of aliphatic hydroxyl groups is 1. The van der Waals surface area contributed by atoms with E-state index >= 15 is 0 Å². The number of unbranched alkanes of at least 4 members (excludes halogenated alkanes) is 3. The molecule has 1 aromatic rings. The number of para-hydroxylation sites is 1. The fraction of sp³-hybridized carbons (Fsp3) is 0.389. The smallest absolute Gasteiger partial charge is 0.330 e. The minimum absolute atomic E-state index is 0.378. The molecule has 1 heterocycles. The van der Waals surface area contributed by atoms with Gasteiger partial charge in [-0.05, 0) is 37.8 Å². The maximum atomic E-state index is 10.9. The third-order valence-electron chi connectivity index (χ3n) is 3.40. The minimum Gasteiger partial charge on any atom is -0.493 e. The number of hydrogen-bond donors (Lipinski definition) is 1. The van der Waals surface area contributed by atoms with Gasteiger partial charge < -0.3 is 19.3 Å². The van der Waals surface area contributed by atoms with Gasteiger partial charge in [0.1, 0.15) is 11.5 Å². The predicted molar refractivity (Wildman–Crippen MR) is 86.6 cm³/mol. The third-order valence-corrected chi connectivity index (χ3v) is 3.40. The van der Waals surface area contributed by atoms with Crippen molar-refractivity contribution in [1.82, 2.24) is 0 Å². The summed E-state index contributed by atoms with van der Waals surface area (Å²) in [5.41, 5.74) is 0.856. The Bertz CT molecular complexity index is 564. The Labute approximate surface area is 136 Å². The molecule has 0 spiro atoms. The van der Waals surface area contributed by atoms with E-state index < -0.39 is 6.29 Å². The van der Waals surface area contributed by atoms with Gasteiger partial charge in [0.15, 0.2) is 0 Å². The average molecular weight is 318 g/mol. The second-order valence-corrected chi connectivity index (χ2v) is 5.17. The number of ether oxygens (including phenoxy) is 3. The van der Waals surface area contributed by atoms with Gasteiger partial charge in [-0.1, -0.05) is 18.7 Å². The largest absolute Gasteiger partial charge is 0.493 e. The fourth-order valence-electron chi connectivity index (χ4n) is 2.25. The van der Waals surface area contributed by atoms with E-state index in [1.165, 1.54) is 6.08 Å². The molecule has 0 amide bonds. The number of rotatable bonds is 9. The molecule has 5 nitrogen and oxygen atoms in total. The molecular weight excluding hydrogens is 296 g/mol. The van der Waals surface area contributed by atoms with Crippen molar-refractivity contribution in [1.29, 1.82) is 0 Å². The maximum Gasteiger partial charge on any atom is 0.330 e. The molecule has 0 fully saturated rings. The van der Waals surface area contributed by atoms with Gasteiger partial charge in [-0.25, -0.2) is 4.79 Å². The summed E-state index contributed by atoms with van der Waals surface area (Å²) >= 11 is 0. The summed E-state index contributed by atoms with van der Waals surface area (Å²) in [6.45, 7) is 4.34. The minimum atomic E-state index is -0.973. The lowest BCUT2D eigenvalue weighted by Crippen LogP contribution is -2.18. The van der Waals surface area contributed by atoms with Crippen LogP contribution in [-0.2, 0) is 14.3 Å². The first kappa shape index (κ1) is 17.1. The van der Waals surface area contributed by atoms with Crippen molar-refractivity contribution in [3.63, 3.8) is 0 Å². The zero-order valence-corrected chi connectivity index (χ0v) is 13.1. The summed E-state index contributed by atoms with van der Waals surface area (Å²) in [6.07, 6.45) is 5.44. The number of aliphatic hydroxyl groups excluding tert-OH is 1. The van der Waals surface area contributed by atoms with Gasteiger partial charge in [0.05, 0.1) is 18.8 Å². The van der Waals surface area contributed by atoms with Gasteiger partial charge in [-0.3, -0.25) is 0 Å². The molecule has 1 aromatic carbocycles. The Kier molecular flexibility index (Phi) is 6.69. The van der Waals surface area contributed by atoms with Crippen molar-refractivity contribution < 1.29 is 24.1 Å². The van der Waals surface area contributed by atoms with Crippen molar-refractivity contribution in [2.45, 2.75) is 32.0 Å². The predicted octanol–water partition coefficient (Wildman–Crippen LogP) is 3.04. The first-order chi connectivity index (χ1) is 11.2. The molecule has 23 heavy (non-hydrogen) atoms. The molecule has 1 aliphatic rings. The zero-order chi connectivity index (χ0) is 16.5. The summed E-state index contributed by atoms with van der Waals surface area (Å²) in [5, 5.41) is 9.66. The van der Waals surface area contributed by atoms with Crippen LogP contribution in [0.4, 0.5) is 0 Å². The van der Waals surface area contributed by atoms with Crippen molar-refractivity contribution in [3.05, 3.63) is 48.6 Å². The van der Waals surface area contributed by atoms with E-state index in [1.54, 1.807) is 12.1 Å². The van der Waals surface area contributed by atoms with E-state index in [2.05, 4.69) is 6.58 Å². The highest BCUT2D eigenvalue weighted by atomic mass is 16.6. The quantitative estimate of drug-likeness (QED) is 0.431. The van der Waals surface area contributed by atoms with E-state index in [4.69, 9.17) is 14.2 Å². The first-order valence-electron chi connectivity index (χ1n) is 7.78. The lowest BCUT2D eigenvalue weighted by Gasteiger charge is -2.22. The third kappa shape index (κ3) is 5.45. The van der Waals surface area contributed by atoms with Gasteiger partial charge in [0.25, 0.3) is 0 Å². The Morgan fingerprint density at radius 3 is 2.74 bits per heavy atom. The lowest BCUT2D eigenvalue weighted by atomic mass is 10.1. The molecule has 0 saturated heterocycles.